The van der Waals surface area contributed by atoms with Gasteiger partial charge < -0.3 is 24.3 Å². The lowest BCUT2D eigenvalue weighted by Gasteiger charge is -2.39. The molecule has 1 amide bonds. The van der Waals surface area contributed by atoms with E-state index in [0.29, 0.717) is 53.9 Å². The Hall–Kier alpha value is -3.51. The van der Waals surface area contributed by atoms with Gasteiger partial charge in [-0.1, -0.05) is 56.3 Å². The number of amides is 1. The maximum absolute atomic E-state index is 12.5. The fourth-order valence-corrected chi connectivity index (χ4v) is 5.13. The van der Waals surface area contributed by atoms with Gasteiger partial charge in [-0.15, -0.1) is 0 Å². The fraction of sp³-hybridized carbons (Fsp3) is 0.387. The predicted octanol–water partition coefficient (Wildman–Crippen LogP) is 6.38. The molecule has 0 aromatic heterocycles. The third-order valence-electron chi connectivity index (χ3n) is 7.16. The molecule has 2 aliphatic heterocycles. The van der Waals surface area contributed by atoms with Gasteiger partial charge in [0.05, 0.1) is 25.9 Å². The first kappa shape index (κ1) is 25.2. The lowest BCUT2D eigenvalue weighted by atomic mass is 9.76. The average Bonchev–Trinajstić information content (AvgIpc) is 3.17. The van der Waals surface area contributed by atoms with Gasteiger partial charge in [-0.05, 0) is 53.6 Å². The van der Waals surface area contributed by atoms with Gasteiger partial charge in [0.15, 0.2) is 18.1 Å². The number of nitrogens with one attached hydrogen (secondary N) is 1. The molecule has 2 aliphatic rings. The molecule has 0 unspecified atom stereocenters. The first-order valence-electron chi connectivity index (χ1n) is 13.2. The topological polar surface area (TPSA) is 66.0 Å². The minimum absolute atomic E-state index is 0.0525. The first-order valence-corrected chi connectivity index (χ1v) is 13.2. The second-order valence-electron chi connectivity index (χ2n) is 10.1. The van der Waals surface area contributed by atoms with Gasteiger partial charge in [0.25, 0.3) is 5.91 Å². The molecule has 0 bridgehead atoms. The second kappa shape index (κ2) is 11.7. The zero-order valence-electron chi connectivity index (χ0n) is 21.5. The van der Waals surface area contributed by atoms with E-state index in [4.69, 9.17) is 18.9 Å². The van der Waals surface area contributed by atoms with Crippen molar-refractivity contribution in [3.63, 3.8) is 0 Å². The lowest BCUT2D eigenvalue weighted by Crippen LogP contribution is -2.31. The number of carbonyl (C=O) groups excluding carboxylic acids is 1. The summed E-state index contributed by atoms with van der Waals surface area (Å²) < 4.78 is 23.5. The largest absolute Gasteiger partial charge is 0.490 e. The summed E-state index contributed by atoms with van der Waals surface area (Å²) in [5.41, 5.74) is 3.14. The van der Waals surface area contributed by atoms with Crippen LogP contribution in [0.4, 0.5) is 5.69 Å². The van der Waals surface area contributed by atoms with Crippen LogP contribution >= 0.6 is 0 Å². The van der Waals surface area contributed by atoms with Gasteiger partial charge in [-0.2, -0.15) is 0 Å². The molecule has 0 saturated carbocycles. The zero-order chi connectivity index (χ0) is 25.6. The maximum atomic E-state index is 12.5. The van der Waals surface area contributed by atoms with Gasteiger partial charge >= 0.3 is 0 Å². The number of carbonyl (C=O) groups is 1. The highest BCUT2D eigenvalue weighted by Crippen LogP contribution is 2.43. The molecule has 2 heterocycles. The van der Waals surface area contributed by atoms with E-state index in [1.807, 2.05) is 18.2 Å². The number of hydrogen-bond donors (Lipinski definition) is 1. The normalized spacial score (nSPS) is 21.2. The summed E-state index contributed by atoms with van der Waals surface area (Å²) in [6.45, 7) is 6.41. The molecule has 5 rings (SSSR count). The Kier molecular flexibility index (Phi) is 7.95. The van der Waals surface area contributed by atoms with E-state index in [-0.39, 0.29) is 18.6 Å². The highest BCUT2D eigenvalue weighted by Gasteiger charge is 2.34. The van der Waals surface area contributed by atoms with Crippen LogP contribution in [0.2, 0.25) is 0 Å². The van der Waals surface area contributed by atoms with Gasteiger partial charge in [-0.3, -0.25) is 4.79 Å². The number of hydrogen-bond acceptors (Lipinski definition) is 5. The molecule has 0 aliphatic carbocycles. The SMILES string of the molecule is CC(C)[C@@H]1C[C@H](c2ccccc2)CO[C@H]1c1ccc(OCC(=O)Nc2ccc3c(c2)OCCCO3)cc1. The number of ether oxygens (including phenoxy) is 4. The summed E-state index contributed by atoms with van der Waals surface area (Å²) in [6.07, 6.45) is 1.99. The maximum Gasteiger partial charge on any atom is 0.262 e. The van der Waals surface area contributed by atoms with Crippen LogP contribution in [0.25, 0.3) is 0 Å². The molecule has 6 nitrogen and oxygen atoms in total. The van der Waals surface area contributed by atoms with E-state index in [9.17, 15) is 4.79 Å². The highest BCUT2D eigenvalue weighted by molar-refractivity contribution is 5.92. The third-order valence-corrected chi connectivity index (χ3v) is 7.16. The van der Waals surface area contributed by atoms with Gasteiger partial charge in [0.2, 0.25) is 0 Å². The van der Waals surface area contributed by atoms with Crippen molar-refractivity contribution in [2.45, 2.75) is 38.7 Å². The number of fused-ring (bicyclic) bond motifs is 1. The molecular formula is C31H35NO5. The van der Waals surface area contributed by atoms with Crippen LogP contribution in [-0.2, 0) is 9.53 Å². The smallest absolute Gasteiger partial charge is 0.262 e. The molecule has 1 fully saturated rings. The summed E-state index contributed by atoms with van der Waals surface area (Å²) >= 11 is 0. The zero-order valence-corrected chi connectivity index (χ0v) is 21.5. The standard InChI is InChI=1S/C31H35NO5/c1-21(2)27-17-24(22-7-4-3-5-8-22)19-37-31(27)23-9-12-26(13-10-23)36-20-30(33)32-25-11-14-28-29(18-25)35-16-6-15-34-28/h3-5,7-14,18,21,24,27,31H,6,15-17,19-20H2,1-2H3,(H,32,33)/t24-,27-,31-/m0/s1. The Balaban J connectivity index is 1.16. The van der Waals surface area contributed by atoms with Crippen molar-refractivity contribution in [1.29, 1.82) is 0 Å². The highest BCUT2D eigenvalue weighted by atomic mass is 16.5. The van der Waals surface area contributed by atoms with Crippen LogP contribution in [0, 0.1) is 11.8 Å². The summed E-state index contributed by atoms with van der Waals surface area (Å²) in [6, 6.07) is 24.0. The van der Waals surface area contributed by atoms with Crippen molar-refractivity contribution in [3.8, 4) is 17.2 Å². The second-order valence-corrected chi connectivity index (χ2v) is 10.1. The molecule has 37 heavy (non-hydrogen) atoms. The van der Waals surface area contributed by atoms with Crippen molar-refractivity contribution in [1.82, 2.24) is 0 Å². The van der Waals surface area contributed by atoms with Crippen molar-refractivity contribution in [2.24, 2.45) is 11.8 Å². The molecule has 1 saturated heterocycles. The van der Waals surface area contributed by atoms with Crippen molar-refractivity contribution >= 4 is 11.6 Å². The molecule has 3 atom stereocenters. The van der Waals surface area contributed by atoms with Crippen LogP contribution in [0.1, 0.15) is 49.8 Å². The molecule has 0 radical (unpaired) electrons. The Labute approximate surface area is 218 Å². The average molecular weight is 502 g/mol. The van der Waals surface area contributed by atoms with E-state index >= 15 is 0 Å². The summed E-state index contributed by atoms with van der Waals surface area (Å²) in [5.74, 6) is 3.10. The molecule has 3 aromatic rings. The molecule has 1 N–H and O–H groups in total. The Morgan fingerprint density at radius 1 is 0.946 bits per heavy atom. The Bertz CT molecular complexity index is 1180. The van der Waals surface area contributed by atoms with E-state index < -0.39 is 0 Å². The molecule has 3 aromatic carbocycles. The minimum atomic E-state index is -0.235. The monoisotopic (exact) mass is 501 g/mol. The van der Waals surface area contributed by atoms with Crippen molar-refractivity contribution < 1.29 is 23.7 Å². The van der Waals surface area contributed by atoms with E-state index in [1.54, 1.807) is 12.1 Å². The number of rotatable bonds is 7. The van der Waals surface area contributed by atoms with Crippen LogP contribution < -0.4 is 19.5 Å². The van der Waals surface area contributed by atoms with Gasteiger partial charge in [-0.25, -0.2) is 0 Å². The lowest BCUT2D eigenvalue weighted by molar-refractivity contribution is -0.118. The van der Waals surface area contributed by atoms with Gasteiger partial charge in [0, 0.05) is 24.1 Å². The van der Waals surface area contributed by atoms with Crippen LogP contribution in [0.15, 0.2) is 72.8 Å². The third kappa shape index (κ3) is 6.25. The quantitative estimate of drug-likeness (QED) is 0.407. The minimum Gasteiger partial charge on any atom is -0.490 e. The number of anilines is 1. The summed E-state index contributed by atoms with van der Waals surface area (Å²) in [4.78, 5) is 12.5. The van der Waals surface area contributed by atoms with Crippen molar-refractivity contribution in [2.75, 3.05) is 31.7 Å². The van der Waals surface area contributed by atoms with Crippen LogP contribution in [-0.4, -0.2) is 32.3 Å². The van der Waals surface area contributed by atoms with E-state index in [0.717, 1.165) is 25.0 Å². The Morgan fingerprint density at radius 3 is 2.46 bits per heavy atom. The van der Waals surface area contributed by atoms with Gasteiger partial charge in [0.1, 0.15) is 5.75 Å². The fourth-order valence-electron chi connectivity index (χ4n) is 5.13. The van der Waals surface area contributed by atoms with Crippen LogP contribution in [0.5, 0.6) is 17.2 Å². The van der Waals surface area contributed by atoms with E-state index in [1.165, 1.54) is 5.56 Å². The van der Waals surface area contributed by atoms with Crippen molar-refractivity contribution in [3.05, 3.63) is 83.9 Å². The first-order chi connectivity index (χ1) is 18.1. The summed E-state index contributed by atoms with van der Waals surface area (Å²) in [7, 11) is 0. The van der Waals surface area contributed by atoms with E-state index in [2.05, 4.69) is 61.6 Å². The summed E-state index contributed by atoms with van der Waals surface area (Å²) in [5, 5.41) is 2.86. The molecular weight excluding hydrogens is 466 g/mol. The number of benzene rings is 3. The molecule has 194 valence electrons. The van der Waals surface area contributed by atoms with Crippen LogP contribution in [0.3, 0.4) is 0 Å². The Morgan fingerprint density at radius 2 is 1.70 bits per heavy atom. The molecule has 6 heteroatoms. The predicted molar refractivity (Wildman–Crippen MR) is 143 cm³/mol. The molecule has 0 spiro atoms.